The first-order valence-electron chi connectivity index (χ1n) is 3.36. The average Bonchev–Trinajstić information content (AvgIpc) is 2.20. The van der Waals surface area contributed by atoms with E-state index < -0.39 is 36.5 Å². The van der Waals surface area contributed by atoms with Gasteiger partial charge in [-0.2, -0.15) is 0 Å². The van der Waals surface area contributed by atoms with Crippen molar-refractivity contribution in [3.05, 3.63) is 36.9 Å². The second-order valence-corrected chi connectivity index (χ2v) is 4.56. The molecule has 15 heavy (non-hydrogen) atoms. The van der Waals surface area contributed by atoms with Crippen LogP contribution in [-0.4, -0.2) is 24.0 Å². The first-order chi connectivity index (χ1) is 6.27. The molecule has 0 unspecified atom stereocenters. The summed E-state index contributed by atoms with van der Waals surface area (Å²) in [6.45, 7) is 1.06. The Kier molecular flexibility index (Phi) is 4.88. The summed E-state index contributed by atoms with van der Waals surface area (Å²) in [4.78, 5) is 18.6. The number of rotatable bonds is 2. The first kappa shape index (κ1) is 15.0. The summed E-state index contributed by atoms with van der Waals surface area (Å²) in [6.07, 6.45) is 0. The Labute approximate surface area is 127 Å². The molecule has 0 aromatic rings. The Morgan fingerprint density at radius 3 is 2.00 bits per heavy atom. The van der Waals surface area contributed by atoms with E-state index in [2.05, 4.69) is 0 Å². The van der Waals surface area contributed by atoms with Gasteiger partial charge in [0.05, 0.1) is 5.75 Å². The minimum Gasteiger partial charge on any atom is -0.277 e. The molecule has 10 heteroatoms. The summed E-state index contributed by atoms with van der Waals surface area (Å²) in [5, 5.41) is 19.6. The third kappa shape index (κ3) is 2.76. The zero-order chi connectivity index (χ0) is 11.1. The molecule has 0 saturated heterocycles. The van der Waals surface area contributed by atoms with E-state index in [1.165, 1.54) is 0 Å². The number of nitro groups is 2. The summed E-state index contributed by atoms with van der Waals surface area (Å²) in [5.74, 6) is -0.901. The maximum Gasteiger partial charge on any atom is 1.00 e. The molecule has 0 aromatic heterocycles. The topological polar surface area (TPSA) is 120 Å². The smallest absolute Gasteiger partial charge is 0.277 e. The zero-order valence-corrected chi connectivity index (χ0v) is 11.9. The molecule has 0 spiro atoms. The van der Waals surface area contributed by atoms with Gasteiger partial charge in [-0.05, 0) is 9.85 Å². The average molecular weight is 260 g/mol. The molecule has 0 atom stereocenters. The van der Waals surface area contributed by atoms with Crippen molar-refractivity contribution in [2.75, 3.05) is 5.75 Å². The second-order valence-electron chi connectivity index (χ2n) is 2.65. The van der Waals surface area contributed by atoms with Crippen LogP contribution >= 0.6 is 0 Å². The summed E-state index contributed by atoms with van der Waals surface area (Å²) in [6, 6.07) is -0.628. The molecule has 1 rings (SSSR count). The second kappa shape index (κ2) is 4.89. The first-order valence-corrected chi connectivity index (χ1v) is 5.01. The van der Waals surface area contributed by atoms with E-state index in [0.717, 1.165) is 6.92 Å². The van der Waals surface area contributed by atoms with Gasteiger partial charge in [-0.15, -0.1) is 0 Å². The largest absolute Gasteiger partial charge is 1.00 e. The fraction of sp³-hybridized carbons (Fsp3) is 0.400. The number of hydrogen-bond acceptors (Lipinski definition) is 6. The van der Waals surface area contributed by atoms with Gasteiger partial charge in [0, 0.05) is 0 Å². The van der Waals surface area contributed by atoms with E-state index in [1.54, 1.807) is 0 Å². The fourth-order valence-electron chi connectivity index (χ4n) is 1.15. The van der Waals surface area contributed by atoms with E-state index in [4.69, 9.17) is 0 Å². The summed E-state index contributed by atoms with van der Waals surface area (Å²) in [7, 11) is -4.13. The third-order valence-electron chi connectivity index (χ3n) is 1.76. The van der Waals surface area contributed by atoms with Crippen molar-refractivity contribution >= 4 is 9.84 Å². The molecular weight excluding hydrogens is 255 g/mol. The molecule has 0 radical (unpaired) electrons. The third-order valence-corrected chi connectivity index (χ3v) is 3.46. The molecule has 0 aliphatic carbocycles. The molecule has 0 saturated carbocycles. The van der Waals surface area contributed by atoms with Gasteiger partial charge in [0.25, 0.3) is 0 Å². The van der Waals surface area contributed by atoms with Crippen molar-refractivity contribution in [2.24, 2.45) is 0 Å². The van der Waals surface area contributed by atoms with Crippen LogP contribution in [0.3, 0.4) is 0 Å². The van der Waals surface area contributed by atoms with Gasteiger partial charge in [-0.1, -0.05) is 12.5 Å². The van der Waals surface area contributed by atoms with Crippen LogP contribution in [0, 0.1) is 26.3 Å². The Balaban J connectivity index is 0.00000196. The monoisotopic (exact) mass is 260 g/mol. The fourth-order valence-corrected chi connectivity index (χ4v) is 2.78. The van der Waals surface area contributed by atoms with Crippen LogP contribution in [0.15, 0.2) is 10.6 Å². The van der Waals surface area contributed by atoms with Crippen molar-refractivity contribution in [1.29, 1.82) is 0 Å². The van der Waals surface area contributed by atoms with Gasteiger partial charge >= 0.3 is 51.4 Å². The molecule has 78 valence electrons. The maximum atomic E-state index is 11.1. The Morgan fingerprint density at radius 1 is 1.33 bits per heavy atom. The summed E-state index contributed by atoms with van der Waals surface area (Å²) >= 11 is 0. The predicted molar refractivity (Wildman–Crippen MR) is 43.7 cm³/mol. The molecule has 1 aliphatic heterocycles. The van der Waals surface area contributed by atoms with Gasteiger partial charge < -0.3 is 0 Å². The molecule has 0 fully saturated rings. The number of nitrogens with zero attached hydrogens (tertiary/aromatic N) is 2. The molecule has 0 N–H and O–H groups in total. The van der Waals surface area contributed by atoms with Crippen molar-refractivity contribution in [3.8, 4) is 0 Å². The normalized spacial score (nSPS) is 18.6. The molecule has 0 amide bonds. The van der Waals surface area contributed by atoms with Gasteiger partial charge in [0.2, 0.25) is 5.03 Å². The predicted octanol–water partition coefficient (Wildman–Crippen LogP) is -3.26. The Bertz CT molecular complexity index is 440. The Morgan fingerprint density at radius 2 is 1.80 bits per heavy atom. The van der Waals surface area contributed by atoms with Crippen molar-refractivity contribution < 1.29 is 69.6 Å². The zero-order valence-electron chi connectivity index (χ0n) is 7.96. The van der Waals surface area contributed by atoms with Crippen LogP contribution in [0.4, 0.5) is 0 Å². The SMILES string of the molecule is CC1=C([N+](=O)[O-])S(=O)(=O)C[C-]1[N+](=O)[O-].[K+]. The van der Waals surface area contributed by atoms with Crippen LogP contribution < -0.4 is 51.4 Å². The molecule has 0 aromatic carbocycles. The molecule has 1 aliphatic rings. The molecule has 0 bridgehead atoms. The number of hydrogen-bond donors (Lipinski definition) is 0. The molecule has 8 nitrogen and oxygen atoms in total. The van der Waals surface area contributed by atoms with E-state index in [9.17, 15) is 28.6 Å². The minimum atomic E-state index is -4.13. The number of sulfone groups is 1. The van der Waals surface area contributed by atoms with E-state index >= 15 is 0 Å². The van der Waals surface area contributed by atoms with Crippen LogP contribution in [-0.2, 0) is 9.84 Å². The van der Waals surface area contributed by atoms with Crippen molar-refractivity contribution in [3.63, 3.8) is 0 Å². The maximum absolute atomic E-state index is 11.1. The van der Waals surface area contributed by atoms with E-state index in [0.29, 0.717) is 0 Å². The standard InChI is InChI=1S/C5H5N2O6S.K/c1-3-4(6(8)9)2-14(12,13)5(3)7(10)11;/h2H2,1H3;/q-1;+1. The molecular formula is C5H5KN2O6S. The van der Waals surface area contributed by atoms with E-state index in [1.807, 2.05) is 0 Å². The summed E-state index contributed by atoms with van der Waals surface area (Å²) in [5.41, 5.74) is -0.389. The van der Waals surface area contributed by atoms with Gasteiger partial charge in [-0.25, -0.2) is 8.42 Å². The van der Waals surface area contributed by atoms with Gasteiger partial charge in [-0.3, -0.25) is 20.2 Å². The minimum absolute atomic E-state index is 0. The van der Waals surface area contributed by atoms with Crippen molar-refractivity contribution in [2.45, 2.75) is 6.92 Å². The van der Waals surface area contributed by atoms with Crippen LogP contribution in [0.2, 0.25) is 0 Å². The van der Waals surface area contributed by atoms with Crippen LogP contribution in [0.25, 0.3) is 0 Å². The Hall–Kier alpha value is -0.00364. The van der Waals surface area contributed by atoms with E-state index in [-0.39, 0.29) is 57.0 Å². The van der Waals surface area contributed by atoms with Crippen molar-refractivity contribution in [1.82, 2.24) is 0 Å². The summed E-state index contributed by atoms with van der Waals surface area (Å²) < 4.78 is 22.2. The molecule has 1 heterocycles. The van der Waals surface area contributed by atoms with Crippen LogP contribution in [0.1, 0.15) is 6.92 Å². The van der Waals surface area contributed by atoms with Gasteiger partial charge in [0.1, 0.15) is 6.04 Å². The van der Waals surface area contributed by atoms with Crippen LogP contribution in [0.5, 0.6) is 0 Å². The van der Waals surface area contributed by atoms with Gasteiger partial charge in [0.15, 0.2) is 9.84 Å². The quantitative estimate of drug-likeness (QED) is 0.222.